The Morgan fingerprint density at radius 2 is 2.30 bits per heavy atom. The Balaban J connectivity index is 3.29. The Hall–Kier alpha value is -0.270. The second-order valence-electron chi connectivity index (χ2n) is 2.01. The van der Waals surface area contributed by atoms with Gasteiger partial charge in [-0.3, -0.25) is 0 Å². The van der Waals surface area contributed by atoms with Crippen LogP contribution in [0.25, 0.3) is 0 Å². The third-order valence-electron chi connectivity index (χ3n) is 1.14. The summed E-state index contributed by atoms with van der Waals surface area (Å²) in [6, 6.07) is 0. The van der Waals surface area contributed by atoms with Gasteiger partial charge < -0.3 is 5.11 Å². The first kappa shape index (κ1) is 9.73. The number of allylic oxidation sites excluding steroid dienone is 2. The van der Waals surface area contributed by atoms with Crippen LogP contribution in [0.1, 0.15) is 19.3 Å². The molecule has 0 rings (SSSR count). The lowest BCUT2D eigenvalue weighted by molar-refractivity contribution is 0.342. The summed E-state index contributed by atoms with van der Waals surface area (Å²) < 4.78 is 0. The molecule has 0 bridgehead atoms. The van der Waals surface area contributed by atoms with Crippen molar-refractivity contribution in [3.05, 3.63) is 23.8 Å². The molecule has 0 saturated heterocycles. The Morgan fingerprint density at radius 3 is 2.80 bits per heavy atom. The summed E-state index contributed by atoms with van der Waals surface area (Å²) in [4.78, 5) is 0. The number of rotatable bonds is 5. The normalized spacial score (nSPS) is 11.6. The quantitative estimate of drug-likeness (QED) is 0.484. The first-order chi connectivity index (χ1) is 4.81. The molecule has 0 aromatic carbocycles. The molecule has 0 aliphatic carbocycles. The molecular formula is C8H13ClO. The van der Waals surface area contributed by atoms with Crippen LogP contribution in [0.2, 0.25) is 0 Å². The van der Waals surface area contributed by atoms with Crippen molar-refractivity contribution < 1.29 is 5.11 Å². The van der Waals surface area contributed by atoms with Gasteiger partial charge in [0.2, 0.25) is 0 Å². The highest BCUT2D eigenvalue weighted by Crippen LogP contribution is 2.10. The fourth-order valence-corrected chi connectivity index (χ4v) is 0.819. The molecular weight excluding hydrogens is 148 g/mol. The van der Waals surface area contributed by atoms with Crippen LogP contribution in [-0.4, -0.2) is 11.7 Å². The number of hydrogen-bond donors (Lipinski definition) is 1. The van der Waals surface area contributed by atoms with Gasteiger partial charge in [-0.15, -0.1) is 6.58 Å². The van der Waals surface area contributed by atoms with E-state index in [0.717, 1.165) is 24.3 Å². The van der Waals surface area contributed by atoms with Crippen LogP contribution in [0.5, 0.6) is 0 Å². The third-order valence-corrected chi connectivity index (χ3v) is 1.48. The van der Waals surface area contributed by atoms with E-state index >= 15 is 0 Å². The van der Waals surface area contributed by atoms with Crippen LogP contribution in [0, 0.1) is 0 Å². The maximum atomic E-state index is 8.41. The second-order valence-corrected chi connectivity index (χ2v) is 2.50. The SMILES string of the molecule is C=CCCC/C(Cl)=C\CO. The highest BCUT2D eigenvalue weighted by atomic mass is 35.5. The summed E-state index contributed by atoms with van der Waals surface area (Å²) in [7, 11) is 0. The predicted molar refractivity (Wildman–Crippen MR) is 45.1 cm³/mol. The van der Waals surface area contributed by atoms with Gasteiger partial charge in [-0.05, 0) is 25.3 Å². The molecule has 0 heterocycles. The highest BCUT2D eigenvalue weighted by molar-refractivity contribution is 6.29. The Kier molecular flexibility index (Phi) is 6.66. The molecule has 0 saturated carbocycles. The molecule has 0 atom stereocenters. The van der Waals surface area contributed by atoms with Crippen LogP contribution in [0.15, 0.2) is 23.8 Å². The highest BCUT2D eigenvalue weighted by Gasteiger charge is 1.89. The molecule has 0 unspecified atom stereocenters. The number of halogens is 1. The van der Waals surface area contributed by atoms with Gasteiger partial charge in [0.15, 0.2) is 0 Å². The summed E-state index contributed by atoms with van der Waals surface area (Å²) >= 11 is 5.68. The molecule has 2 heteroatoms. The van der Waals surface area contributed by atoms with E-state index in [1.165, 1.54) is 0 Å². The first-order valence-electron chi connectivity index (χ1n) is 3.37. The van der Waals surface area contributed by atoms with Gasteiger partial charge >= 0.3 is 0 Å². The zero-order valence-corrected chi connectivity index (χ0v) is 6.77. The van der Waals surface area contributed by atoms with Crippen molar-refractivity contribution in [2.45, 2.75) is 19.3 Å². The molecule has 1 N–H and O–H groups in total. The van der Waals surface area contributed by atoms with E-state index in [0.29, 0.717) is 0 Å². The van der Waals surface area contributed by atoms with E-state index in [2.05, 4.69) is 6.58 Å². The summed E-state index contributed by atoms with van der Waals surface area (Å²) in [5.74, 6) is 0. The minimum atomic E-state index is 0.0346. The van der Waals surface area contributed by atoms with E-state index in [-0.39, 0.29) is 6.61 Å². The van der Waals surface area contributed by atoms with Crippen molar-refractivity contribution in [2.24, 2.45) is 0 Å². The molecule has 0 spiro atoms. The van der Waals surface area contributed by atoms with Crippen molar-refractivity contribution in [1.29, 1.82) is 0 Å². The van der Waals surface area contributed by atoms with Gasteiger partial charge in [-0.2, -0.15) is 0 Å². The van der Waals surface area contributed by atoms with E-state index in [4.69, 9.17) is 16.7 Å². The van der Waals surface area contributed by atoms with E-state index < -0.39 is 0 Å². The zero-order chi connectivity index (χ0) is 7.82. The lowest BCUT2D eigenvalue weighted by Crippen LogP contribution is -1.78. The molecule has 1 nitrogen and oxygen atoms in total. The number of aliphatic hydroxyl groups excluding tert-OH is 1. The molecule has 10 heavy (non-hydrogen) atoms. The maximum Gasteiger partial charge on any atom is 0.0626 e. The monoisotopic (exact) mass is 160 g/mol. The molecule has 0 radical (unpaired) electrons. The standard InChI is InChI=1S/C8H13ClO/c1-2-3-4-5-8(9)6-7-10/h2,6,10H,1,3-5,7H2/b8-6+. The Morgan fingerprint density at radius 1 is 1.60 bits per heavy atom. The molecule has 0 amide bonds. The van der Waals surface area contributed by atoms with Gasteiger partial charge in [0.25, 0.3) is 0 Å². The van der Waals surface area contributed by atoms with Crippen molar-refractivity contribution in [1.82, 2.24) is 0 Å². The Labute approximate surface area is 67.0 Å². The lowest BCUT2D eigenvalue weighted by Gasteiger charge is -1.94. The number of aliphatic hydroxyl groups is 1. The number of hydrogen-bond acceptors (Lipinski definition) is 1. The van der Waals surface area contributed by atoms with Gasteiger partial charge in [0, 0.05) is 5.03 Å². The molecule has 58 valence electrons. The summed E-state index contributed by atoms with van der Waals surface area (Å²) in [6.45, 7) is 3.63. The van der Waals surface area contributed by atoms with Crippen molar-refractivity contribution >= 4 is 11.6 Å². The predicted octanol–water partition coefficient (Wildman–Crippen LogP) is 2.46. The largest absolute Gasteiger partial charge is 0.392 e. The van der Waals surface area contributed by atoms with Crippen LogP contribution >= 0.6 is 11.6 Å². The topological polar surface area (TPSA) is 20.2 Å². The average molecular weight is 161 g/mol. The third kappa shape index (κ3) is 5.86. The number of unbranched alkanes of at least 4 members (excludes halogenated alkanes) is 1. The molecule has 0 aromatic heterocycles. The Bertz CT molecular complexity index is 118. The van der Waals surface area contributed by atoms with Crippen molar-refractivity contribution in [2.75, 3.05) is 6.61 Å². The van der Waals surface area contributed by atoms with Crippen LogP contribution in [0.4, 0.5) is 0 Å². The second kappa shape index (κ2) is 6.84. The van der Waals surface area contributed by atoms with Gasteiger partial charge in [-0.25, -0.2) is 0 Å². The summed E-state index contributed by atoms with van der Waals surface area (Å²) in [5, 5.41) is 9.15. The fourth-order valence-electron chi connectivity index (χ4n) is 0.616. The average Bonchev–Trinajstić information content (AvgIpc) is 1.89. The smallest absolute Gasteiger partial charge is 0.0626 e. The molecule has 0 aliphatic rings. The van der Waals surface area contributed by atoms with Crippen LogP contribution < -0.4 is 0 Å². The van der Waals surface area contributed by atoms with E-state index in [1.807, 2.05) is 6.08 Å². The fraction of sp³-hybridized carbons (Fsp3) is 0.500. The maximum absolute atomic E-state index is 8.41. The summed E-state index contributed by atoms with van der Waals surface area (Å²) in [5.41, 5.74) is 0. The van der Waals surface area contributed by atoms with E-state index in [1.54, 1.807) is 6.08 Å². The van der Waals surface area contributed by atoms with Crippen molar-refractivity contribution in [3.63, 3.8) is 0 Å². The molecule has 0 aromatic rings. The van der Waals surface area contributed by atoms with Crippen molar-refractivity contribution in [3.8, 4) is 0 Å². The lowest BCUT2D eigenvalue weighted by atomic mass is 10.2. The first-order valence-corrected chi connectivity index (χ1v) is 3.75. The van der Waals surface area contributed by atoms with Gasteiger partial charge in [-0.1, -0.05) is 17.7 Å². The minimum Gasteiger partial charge on any atom is -0.392 e. The minimum absolute atomic E-state index is 0.0346. The molecule has 0 aliphatic heterocycles. The van der Waals surface area contributed by atoms with Crippen LogP contribution in [0.3, 0.4) is 0 Å². The van der Waals surface area contributed by atoms with Crippen LogP contribution in [-0.2, 0) is 0 Å². The van der Waals surface area contributed by atoms with E-state index in [9.17, 15) is 0 Å². The molecule has 0 fully saturated rings. The summed E-state index contributed by atoms with van der Waals surface area (Å²) in [6.07, 6.45) is 6.32. The van der Waals surface area contributed by atoms with Gasteiger partial charge in [0.1, 0.15) is 0 Å². The zero-order valence-electron chi connectivity index (χ0n) is 6.02. The van der Waals surface area contributed by atoms with Gasteiger partial charge in [0.05, 0.1) is 6.61 Å².